The van der Waals surface area contributed by atoms with Gasteiger partial charge in [-0.3, -0.25) is 9.59 Å². The van der Waals surface area contributed by atoms with Crippen molar-refractivity contribution in [3.8, 4) is 0 Å². The van der Waals surface area contributed by atoms with E-state index >= 15 is 0 Å². The summed E-state index contributed by atoms with van der Waals surface area (Å²) in [6.45, 7) is 2.53. The second kappa shape index (κ2) is 11.4. The topological polar surface area (TPSA) is 133 Å². The molecular weight excluding hydrogens is 308 g/mol. The monoisotopic (exact) mass is 326 g/mol. The van der Waals surface area contributed by atoms with E-state index in [1.165, 1.54) is 13.8 Å². The number of rotatable bonds is 6. The van der Waals surface area contributed by atoms with Crippen molar-refractivity contribution in [3.63, 3.8) is 0 Å². The third-order valence-electron chi connectivity index (χ3n) is 1.72. The van der Waals surface area contributed by atoms with E-state index in [-0.39, 0.29) is 23.3 Å². The van der Waals surface area contributed by atoms with Gasteiger partial charge in [-0.05, 0) is 0 Å². The van der Waals surface area contributed by atoms with Gasteiger partial charge in [0.05, 0.1) is 0 Å². The van der Waals surface area contributed by atoms with Crippen molar-refractivity contribution in [3.05, 3.63) is 0 Å². The minimum Gasteiger partial charge on any atom is -0.480 e. The van der Waals surface area contributed by atoms with Crippen molar-refractivity contribution < 1.29 is 29.4 Å². The summed E-state index contributed by atoms with van der Waals surface area (Å²) in [5.74, 6) is -2.64. The average Bonchev–Trinajstić information content (AvgIpc) is 2.32. The molecule has 4 N–H and O–H groups in total. The first-order valence-electron chi connectivity index (χ1n) is 5.37. The summed E-state index contributed by atoms with van der Waals surface area (Å²) in [6.07, 6.45) is 0. The lowest BCUT2D eigenvalue weighted by molar-refractivity contribution is -0.141. The number of carbonyl (C=O) groups is 4. The van der Waals surface area contributed by atoms with Gasteiger partial charge in [0.25, 0.3) is 0 Å². The van der Waals surface area contributed by atoms with Gasteiger partial charge in [-0.25, -0.2) is 9.59 Å². The van der Waals surface area contributed by atoms with Crippen LogP contribution in [0.5, 0.6) is 0 Å². The molecule has 2 amide bonds. The molecule has 0 heterocycles. The Balaban J connectivity index is 0. The van der Waals surface area contributed by atoms with Crippen LogP contribution in [-0.4, -0.2) is 57.6 Å². The van der Waals surface area contributed by atoms with Gasteiger partial charge in [-0.2, -0.15) is 25.3 Å². The number of aliphatic carboxylic acids is 2. The van der Waals surface area contributed by atoms with E-state index in [4.69, 9.17) is 10.2 Å². The fourth-order valence-corrected chi connectivity index (χ4v) is 1.36. The second-order valence-electron chi connectivity index (χ2n) is 3.55. The molecule has 0 aliphatic carbocycles. The quantitative estimate of drug-likeness (QED) is 0.347. The molecule has 8 nitrogen and oxygen atoms in total. The van der Waals surface area contributed by atoms with E-state index in [0.717, 1.165) is 0 Å². The molecule has 0 radical (unpaired) electrons. The number of hydrogen-bond acceptors (Lipinski definition) is 6. The minimum atomic E-state index is -1.06. The first-order chi connectivity index (χ1) is 9.15. The lowest BCUT2D eigenvalue weighted by atomic mass is 10.3. The van der Waals surface area contributed by atoms with E-state index in [2.05, 4.69) is 35.9 Å². The zero-order valence-corrected chi connectivity index (χ0v) is 12.8. The van der Waals surface area contributed by atoms with Gasteiger partial charge < -0.3 is 20.8 Å². The maximum absolute atomic E-state index is 10.3. The van der Waals surface area contributed by atoms with Crippen molar-refractivity contribution in [1.29, 1.82) is 0 Å². The zero-order valence-electron chi connectivity index (χ0n) is 11.0. The van der Waals surface area contributed by atoms with Crippen molar-refractivity contribution in [1.82, 2.24) is 10.6 Å². The highest BCUT2D eigenvalue weighted by atomic mass is 32.1. The van der Waals surface area contributed by atoms with Crippen LogP contribution in [0.3, 0.4) is 0 Å². The van der Waals surface area contributed by atoms with Crippen LogP contribution in [0.15, 0.2) is 0 Å². The number of amides is 2. The molecule has 0 saturated carbocycles. The summed E-state index contributed by atoms with van der Waals surface area (Å²) in [4.78, 5) is 41.0. The number of carboxylic acid groups (broad SMARTS) is 2. The van der Waals surface area contributed by atoms with E-state index in [0.29, 0.717) is 0 Å². The van der Waals surface area contributed by atoms with Crippen molar-refractivity contribution in [2.75, 3.05) is 11.5 Å². The van der Waals surface area contributed by atoms with Gasteiger partial charge in [0.15, 0.2) is 0 Å². The van der Waals surface area contributed by atoms with E-state index in [9.17, 15) is 19.2 Å². The van der Waals surface area contributed by atoms with Crippen LogP contribution in [0, 0.1) is 0 Å². The minimum absolute atomic E-state index is 0.106. The molecule has 0 aliphatic rings. The SMILES string of the molecule is CC(=O)NC(CS)C(=O)O.CC(=O)NC(CS)C(=O)O. The smallest absolute Gasteiger partial charge is 0.327 e. The molecule has 0 aromatic rings. The Labute approximate surface area is 127 Å². The first-order valence-corrected chi connectivity index (χ1v) is 6.63. The van der Waals surface area contributed by atoms with Gasteiger partial charge in [-0.15, -0.1) is 0 Å². The fraction of sp³-hybridized carbons (Fsp3) is 0.600. The number of nitrogens with one attached hydrogen (secondary N) is 2. The standard InChI is InChI=1S/2C5H9NO3S/c2*1-3(7)6-4(2-10)5(8)9/h2*4,10H,2H2,1H3,(H,6,7)(H,8,9). The summed E-state index contributed by atoms with van der Waals surface area (Å²) < 4.78 is 0. The van der Waals surface area contributed by atoms with Crippen LogP contribution < -0.4 is 10.6 Å². The highest BCUT2D eigenvalue weighted by Gasteiger charge is 2.15. The third kappa shape index (κ3) is 11.7. The number of carbonyl (C=O) groups excluding carboxylic acids is 2. The van der Waals surface area contributed by atoms with Gasteiger partial charge >= 0.3 is 11.9 Å². The molecule has 0 aliphatic heterocycles. The molecule has 2 atom stereocenters. The highest BCUT2D eigenvalue weighted by Crippen LogP contribution is 1.87. The molecule has 0 saturated heterocycles. The van der Waals surface area contributed by atoms with Gasteiger partial charge in [-0.1, -0.05) is 0 Å². The molecule has 0 spiro atoms. The molecule has 0 fully saturated rings. The molecular formula is C10H18N2O6S2. The van der Waals surface area contributed by atoms with E-state index < -0.39 is 24.0 Å². The lowest BCUT2D eigenvalue weighted by Crippen LogP contribution is -2.40. The highest BCUT2D eigenvalue weighted by molar-refractivity contribution is 7.80. The number of thiol groups is 2. The Morgan fingerprint density at radius 2 is 1.10 bits per heavy atom. The summed E-state index contributed by atoms with van der Waals surface area (Å²) in [5, 5.41) is 21.1. The van der Waals surface area contributed by atoms with E-state index in [1.807, 2.05) is 0 Å². The zero-order chi connectivity index (χ0) is 16.3. The van der Waals surface area contributed by atoms with Crippen LogP contribution in [0.1, 0.15) is 13.8 Å². The van der Waals surface area contributed by atoms with Crippen LogP contribution in [0.2, 0.25) is 0 Å². The Hall–Kier alpha value is -1.42. The summed E-state index contributed by atoms with van der Waals surface area (Å²) in [5.41, 5.74) is 0. The summed E-state index contributed by atoms with van der Waals surface area (Å²) in [7, 11) is 0. The largest absolute Gasteiger partial charge is 0.480 e. The molecule has 20 heavy (non-hydrogen) atoms. The number of hydrogen-bond donors (Lipinski definition) is 6. The average molecular weight is 326 g/mol. The van der Waals surface area contributed by atoms with Crippen molar-refractivity contribution >= 4 is 49.0 Å². The molecule has 0 aromatic carbocycles. The normalized spacial score (nSPS) is 12.2. The lowest BCUT2D eigenvalue weighted by Gasteiger charge is -2.08. The number of carboxylic acids is 2. The fourth-order valence-electron chi connectivity index (χ4n) is 0.862. The molecule has 0 aromatic heterocycles. The maximum Gasteiger partial charge on any atom is 0.327 e. The Morgan fingerprint density at radius 3 is 1.15 bits per heavy atom. The summed E-state index contributed by atoms with van der Waals surface area (Å²) in [6, 6.07) is -1.75. The molecule has 0 rings (SSSR count). The first kappa shape index (κ1) is 20.9. The molecule has 10 heteroatoms. The van der Waals surface area contributed by atoms with Crippen LogP contribution in [0.4, 0.5) is 0 Å². The second-order valence-corrected chi connectivity index (χ2v) is 4.28. The van der Waals surface area contributed by atoms with Gasteiger partial charge in [0.1, 0.15) is 12.1 Å². The Kier molecular flexibility index (Phi) is 11.9. The molecule has 2 unspecified atom stereocenters. The van der Waals surface area contributed by atoms with Crippen LogP contribution in [0.25, 0.3) is 0 Å². The third-order valence-corrected chi connectivity index (χ3v) is 2.45. The van der Waals surface area contributed by atoms with Gasteiger partial charge in [0.2, 0.25) is 11.8 Å². The van der Waals surface area contributed by atoms with Gasteiger partial charge in [0, 0.05) is 25.4 Å². The Morgan fingerprint density at radius 1 is 0.850 bits per heavy atom. The molecule has 0 bridgehead atoms. The maximum atomic E-state index is 10.3. The van der Waals surface area contributed by atoms with E-state index in [1.54, 1.807) is 0 Å². The summed E-state index contributed by atoms with van der Waals surface area (Å²) >= 11 is 7.47. The van der Waals surface area contributed by atoms with Crippen LogP contribution in [-0.2, 0) is 19.2 Å². The molecule has 116 valence electrons. The predicted molar refractivity (Wildman–Crippen MR) is 78.2 cm³/mol. The van der Waals surface area contributed by atoms with Crippen molar-refractivity contribution in [2.24, 2.45) is 0 Å². The predicted octanol–water partition coefficient (Wildman–Crippen LogP) is -0.989. The van der Waals surface area contributed by atoms with Crippen LogP contribution >= 0.6 is 25.3 Å². The Bertz CT molecular complexity index is 330. The van der Waals surface area contributed by atoms with Crippen molar-refractivity contribution in [2.45, 2.75) is 25.9 Å².